The zero-order valence-corrected chi connectivity index (χ0v) is 10.7. The van der Waals surface area contributed by atoms with Gasteiger partial charge in [-0.15, -0.1) is 0 Å². The highest BCUT2D eigenvalue weighted by atomic mass is 79.9. The summed E-state index contributed by atoms with van der Waals surface area (Å²) in [5, 5.41) is 6.50. The van der Waals surface area contributed by atoms with Crippen molar-refractivity contribution >= 4 is 21.8 Å². The van der Waals surface area contributed by atoms with Crippen molar-refractivity contribution in [3.05, 3.63) is 17.5 Å². The Morgan fingerprint density at radius 3 is 2.80 bits per heavy atom. The predicted octanol–water partition coefficient (Wildman–Crippen LogP) is 2.27. The number of halogens is 1. The summed E-state index contributed by atoms with van der Waals surface area (Å²) in [7, 11) is 0. The van der Waals surface area contributed by atoms with Crippen LogP contribution in [0.5, 0.6) is 0 Å². The van der Waals surface area contributed by atoms with Gasteiger partial charge in [-0.05, 0) is 20.3 Å². The van der Waals surface area contributed by atoms with Gasteiger partial charge >= 0.3 is 0 Å². The van der Waals surface area contributed by atoms with Crippen molar-refractivity contribution in [3.8, 4) is 0 Å². The number of nitrogens with one attached hydrogen (secondary N) is 1. The van der Waals surface area contributed by atoms with Crippen LogP contribution in [0.4, 0.5) is 0 Å². The molecule has 15 heavy (non-hydrogen) atoms. The molecular formula is C10H15BrN2O2. The SMILES string of the molecule is Cc1cc(C(=O)NC(C)CC(C)Br)on1. The van der Waals surface area contributed by atoms with E-state index in [-0.39, 0.29) is 17.7 Å². The summed E-state index contributed by atoms with van der Waals surface area (Å²) in [5.74, 6) is 0.0535. The fourth-order valence-electron chi connectivity index (χ4n) is 1.31. The molecule has 0 aliphatic rings. The third-order valence-electron chi connectivity index (χ3n) is 1.91. The molecule has 1 rings (SSSR count). The Hall–Kier alpha value is -0.840. The summed E-state index contributed by atoms with van der Waals surface area (Å²) < 4.78 is 4.86. The van der Waals surface area contributed by atoms with Crippen molar-refractivity contribution in [2.45, 2.75) is 38.1 Å². The average Bonchev–Trinajstić information content (AvgIpc) is 2.49. The van der Waals surface area contributed by atoms with Crippen LogP contribution in [0.1, 0.15) is 36.5 Å². The molecule has 1 heterocycles. The number of hydrogen-bond acceptors (Lipinski definition) is 3. The lowest BCUT2D eigenvalue weighted by Crippen LogP contribution is -2.33. The van der Waals surface area contributed by atoms with Crippen molar-refractivity contribution in [1.29, 1.82) is 0 Å². The Morgan fingerprint density at radius 2 is 2.33 bits per heavy atom. The first kappa shape index (κ1) is 12.2. The molecule has 84 valence electrons. The van der Waals surface area contributed by atoms with Crippen molar-refractivity contribution in [2.24, 2.45) is 0 Å². The minimum atomic E-state index is -0.212. The fourth-order valence-corrected chi connectivity index (χ4v) is 1.87. The quantitative estimate of drug-likeness (QED) is 0.858. The predicted molar refractivity (Wildman–Crippen MR) is 61.2 cm³/mol. The first-order chi connectivity index (χ1) is 6.99. The molecule has 0 spiro atoms. The lowest BCUT2D eigenvalue weighted by Gasteiger charge is -2.13. The number of rotatable bonds is 4. The van der Waals surface area contributed by atoms with Crippen molar-refractivity contribution < 1.29 is 9.32 Å². The van der Waals surface area contributed by atoms with Crippen molar-refractivity contribution in [2.75, 3.05) is 0 Å². The van der Waals surface area contributed by atoms with Gasteiger partial charge in [0, 0.05) is 16.9 Å². The van der Waals surface area contributed by atoms with Gasteiger partial charge in [0.1, 0.15) is 0 Å². The molecule has 1 aromatic rings. The number of amides is 1. The van der Waals surface area contributed by atoms with Gasteiger partial charge in [0.2, 0.25) is 5.76 Å². The number of aromatic nitrogens is 1. The Morgan fingerprint density at radius 1 is 1.67 bits per heavy atom. The van der Waals surface area contributed by atoms with E-state index in [1.165, 1.54) is 0 Å². The van der Waals surface area contributed by atoms with Gasteiger partial charge < -0.3 is 9.84 Å². The molecular weight excluding hydrogens is 260 g/mol. The van der Waals surface area contributed by atoms with Crippen molar-refractivity contribution in [3.63, 3.8) is 0 Å². The first-order valence-electron chi connectivity index (χ1n) is 4.87. The maximum Gasteiger partial charge on any atom is 0.290 e. The molecule has 1 aromatic heterocycles. The van der Waals surface area contributed by atoms with E-state index < -0.39 is 0 Å². The number of aryl methyl sites for hydroxylation is 1. The smallest absolute Gasteiger partial charge is 0.290 e. The summed E-state index contributed by atoms with van der Waals surface area (Å²) in [5.41, 5.74) is 0.710. The second-order valence-electron chi connectivity index (χ2n) is 3.72. The van der Waals surface area contributed by atoms with E-state index in [0.717, 1.165) is 6.42 Å². The van der Waals surface area contributed by atoms with Gasteiger partial charge in [-0.1, -0.05) is 28.0 Å². The van der Waals surface area contributed by atoms with Crippen LogP contribution in [-0.4, -0.2) is 21.9 Å². The number of carbonyl (C=O) groups is 1. The minimum Gasteiger partial charge on any atom is -0.351 e. The molecule has 4 nitrogen and oxygen atoms in total. The molecule has 1 amide bonds. The maximum atomic E-state index is 11.6. The van der Waals surface area contributed by atoms with E-state index in [0.29, 0.717) is 10.5 Å². The Labute approximate surface area is 97.5 Å². The zero-order chi connectivity index (χ0) is 11.4. The van der Waals surface area contributed by atoms with E-state index in [1.54, 1.807) is 13.0 Å². The molecule has 0 bridgehead atoms. The molecule has 2 unspecified atom stereocenters. The molecule has 2 atom stereocenters. The fraction of sp³-hybridized carbons (Fsp3) is 0.600. The number of hydrogen-bond donors (Lipinski definition) is 1. The Balaban J connectivity index is 2.49. The highest BCUT2D eigenvalue weighted by Gasteiger charge is 2.14. The van der Waals surface area contributed by atoms with Crippen LogP contribution in [0.15, 0.2) is 10.6 Å². The molecule has 0 saturated heterocycles. The second-order valence-corrected chi connectivity index (χ2v) is 5.29. The maximum absolute atomic E-state index is 11.6. The monoisotopic (exact) mass is 274 g/mol. The van der Waals surface area contributed by atoms with E-state index in [1.807, 2.05) is 13.8 Å². The van der Waals surface area contributed by atoms with Gasteiger partial charge in [0.25, 0.3) is 5.91 Å². The average molecular weight is 275 g/mol. The number of nitrogens with zero attached hydrogens (tertiary/aromatic N) is 1. The van der Waals surface area contributed by atoms with Gasteiger partial charge in [-0.2, -0.15) is 0 Å². The highest BCUT2D eigenvalue weighted by Crippen LogP contribution is 2.08. The van der Waals surface area contributed by atoms with E-state index >= 15 is 0 Å². The molecule has 0 fully saturated rings. The lowest BCUT2D eigenvalue weighted by atomic mass is 10.2. The van der Waals surface area contributed by atoms with Gasteiger partial charge in [-0.25, -0.2) is 0 Å². The summed E-state index contributed by atoms with van der Waals surface area (Å²) in [6.07, 6.45) is 0.874. The third kappa shape index (κ3) is 4.03. The van der Waals surface area contributed by atoms with Crippen LogP contribution >= 0.6 is 15.9 Å². The minimum absolute atomic E-state index is 0.109. The standard InChI is InChI=1S/C10H15BrN2O2/c1-6(11)4-7(2)12-10(14)9-5-8(3)13-15-9/h5-7H,4H2,1-3H3,(H,12,14). The largest absolute Gasteiger partial charge is 0.351 e. The van der Waals surface area contributed by atoms with Crippen LogP contribution in [0.3, 0.4) is 0 Å². The number of alkyl halides is 1. The molecule has 5 heteroatoms. The Bertz CT molecular complexity index is 336. The molecule has 1 N–H and O–H groups in total. The van der Waals surface area contributed by atoms with Crippen molar-refractivity contribution in [1.82, 2.24) is 10.5 Å². The molecule has 0 aromatic carbocycles. The topological polar surface area (TPSA) is 55.1 Å². The molecule has 0 aliphatic carbocycles. The van der Waals surface area contributed by atoms with E-state index in [9.17, 15) is 4.79 Å². The van der Waals surface area contributed by atoms with Crippen LogP contribution in [0.2, 0.25) is 0 Å². The zero-order valence-electron chi connectivity index (χ0n) is 9.08. The molecule has 0 radical (unpaired) electrons. The molecule has 0 aliphatic heterocycles. The van der Waals surface area contributed by atoms with E-state index in [2.05, 4.69) is 26.4 Å². The summed E-state index contributed by atoms with van der Waals surface area (Å²) in [6, 6.07) is 1.73. The summed E-state index contributed by atoms with van der Waals surface area (Å²) in [4.78, 5) is 12.0. The normalized spacial score (nSPS) is 14.7. The number of carbonyl (C=O) groups excluding carboxylic acids is 1. The van der Waals surface area contributed by atoms with Crippen LogP contribution < -0.4 is 5.32 Å². The van der Waals surface area contributed by atoms with Gasteiger partial charge in [0.15, 0.2) is 0 Å². The Kier molecular flexibility index (Phi) is 4.32. The summed E-state index contributed by atoms with van der Waals surface area (Å²) in [6.45, 7) is 5.78. The van der Waals surface area contributed by atoms with E-state index in [4.69, 9.17) is 4.52 Å². The van der Waals surface area contributed by atoms with Crippen LogP contribution in [-0.2, 0) is 0 Å². The second kappa shape index (κ2) is 5.30. The van der Waals surface area contributed by atoms with Crippen LogP contribution in [0.25, 0.3) is 0 Å². The lowest BCUT2D eigenvalue weighted by molar-refractivity contribution is 0.0901. The third-order valence-corrected chi connectivity index (χ3v) is 2.28. The van der Waals surface area contributed by atoms with Crippen LogP contribution in [0, 0.1) is 6.92 Å². The highest BCUT2D eigenvalue weighted by molar-refractivity contribution is 9.09. The molecule has 0 saturated carbocycles. The van der Waals surface area contributed by atoms with Gasteiger partial charge in [0.05, 0.1) is 5.69 Å². The summed E-state index contributed by atoms with van der Waals surface area (Å²) >= 11 is 3.44. The first-order valence-corrected chi connectivity index (χ1v) is 5.79. The van der Waals surface area contributed by atoms with Gasteiger partial charge in [-0.3, -0.25) is 4.79 Å².